The SMILES string of the molecule is CN1CCN(CCCOc2cccc(N3C(=O)/C(=C/c4ccc(Oc5ccc(S(C)(=O)=O)cc5)cc4)SC3=S)c2)CC1. The summed E-state index contributed by atoms with van der Waals surface area (Å²) in [6.45, 7) is 6.02. The summed E-state index contributed by atoms with van der Waals surface area (Å²) in [5.41, 5.74) is 1.51. The molecule has 3 aromatic carbocycles. The number of hydrogen-bond acceptors (Lipinski definition) is 9. The number of rotatable bonds is 10. The van der Waals surface area contributed by atoms with Crippen LogP contribution in [0.25, 0.3) is 6.08 Å². The third-order valence-corrected chi connectivity index (χ3v) is 9.45. The van der Waals surface area contributed by atoms with E-state index in [1.54, 1.807) is 29.2 Å². The van der Waals surface area contributed by atoms with Crippen LogP contribution < -0.4 is 14.4 Å². The zero-order chi connectivity index (χ0) is 29.7. The predicted octanol–water partition coefficient (Wildman–Crippen LogP) is 5.30. The number of piperazine rings is 1. The van der Waals surface area contributed by atoms with Crippen molar-refractivity contribution in [1.29, 1.82) is 0 Å². The molecule has 0 N–H and O–H groups in total. The minimum absolute atomic E-state index is 0.177. The fourth-order valence-corrected chi connectivity index (χ4v) is 6.56. The molecule has 0 unspecified atom stereocenters. The van der Waals surface area contributed by atoms with Crippen LogP contribution in [0.1, 0.15) is 12.0 Å². The monoisotopic (exact) mass is 623 g/mol. The van der Waals surface area contributed by atoms with E-state index in [-0.39, 0.29) is 10.8 Å². The second-order valence-electron chi connectivity index (χ2n) is 10.3. The summed E-state index contributed by atoms with van der Waals surface area (Å²) in [5.74, 6) is 1.65. The Kier molecular flexibility index (Phi) is 9.64. The summed E-state index contributed by atoms with van der Waals surface area (Å²) in [7, 11) is -1.11. The highest BCUT2D eigenvalue weighted by Gasteiger charge is 2.33. The van der Waals surface area contributed by atoms with Crippen molar-refractivity contribution >= 4 is 55.8 Å². The van der Waals surface area contributed by atoms with Gasteiger partial charge in [0.15, 0.2) is 14.2 Å². The summed E-state index contributed by atoms with van der Waals surface area (Å²) >= 11 is 6.83. The van der Waals surface area contributed by atoms with E-state index in [0.717, 1.165) is 44.7 Å². The van der Waals surface area contributed by atoms with Crippen molar-refractivity contribution in [3.63, 3.8) is 0 Å². The van der Waals surface area contributed by atoms with Crippen LogP contribution in [-0.4, -0.2) is 81.1 Å². The molecule has 1 amide bonds. The van der Waals surface area contributed by atoms with Crippen LogP contribution in [0, 0.1) is 0 Å². The molecular formula is C31H33N3O5S3. The van der Waals surface area contributed by atoms with Crippen LogP contribution in [0.15, 0.2) is 82.6 Å². The fourth-order valence-electron chi connectivity index (χ4n) is 4.63. The second-order valence-corrected chi connectivity index (χ2v) is 14.0. The van der Waals surface area contributed by atoms with Crippen LogP contribution in [0.3, 0.4) is 0 Å². The minimum atomic E-state index is -3.26. The average molecular weight is 624 g/mol. The largest absolute Gasteiger partial charge is 0.493 e. The van der Waals surface area contributed by atoms with E-state index in [1.807, 2.05) is 42.5 Å². The molecule has 0 aromatic heterocycles. The highest BCUT2D eigenvalue weighted by Crippen LogP contribution is 2.37. The molecular weight excluding hydrogens is 591 g/mol. The lowest BCUT2D eigenvalue weighted by molar-refractivity contribution is -0.113. The third-order valence-electron chi connectivity index (χ3n) is 7.02. The Bertz CT molecular complexity index is 1570. The summed E-state index contributed by atoms with van der Waals surface area (Å²) in [4.78, 5) is 20.5. The van der Waals surface area contributed by atoms with Gasteiger partial charge in [0.2, 0.25) is 0 Å². The Morgan fingerprint density at radius 3 is 2.26 bits per heavy atom. The molecule has 0 atom stereocenters. The number of anilines is 1. The molecule has 2 aliphatic heterocycles. The van der Waals surface area contributed by atoms with Gasteiger partial charge >= 0.3 is 0 Å². The number of thiocarbonyl (C=S) groups is 1. The number of sulfone groups is 1. The first-order valence-electron chi connectivity index (χ1n) is 13.7. The molecule has 8 nitrogen and oxygen atoms in total. The van der Waals surface area contributed by atoms with Crippen molar-refractivity contribution in [2.45, 2.75) is 11.3 Å². The van der Waals surface area contributed by atoms with Crippen molar-refractivity contribution in [3.8, 4) is 17.2 Å². The van der Waals surface area contributed by atoms with Gasteiger partial charge in [0, 0.05) is 45.0 Å². The number of carbonyl (C=O) groups excluding carboxylic acids is 1. The Balaban J connectivity index is 1.17. The fraction of sp³-hybridized carbons (Fsp3) is 0.290. The number of likely N-dealkylation sites (N-methyl/N-ethyl adjacent to an activating group) is 1. The maximum atomic E-state index is 13.3. The number of ether oxygens (including phenoxy) is 2. The van der Waals surface area contributed by atoms with Crippen LogP contribution in [0.5, 0.6) is 17.2 Å². The van der Waals surface area contributed by atoms with Gasteiger partial charge in [-0.3, -0.25) is 9.69 Å². The Morgan fingerprint density at radius 2 is 1.60 bits per heavy atom. The van der Waals surface area contributed by atoms with E-state index in [9.17, 15) is 13.2 Å². The lowest BCUT2D eigenvalue weighted by Gasteiger charge is -2.32. The zero-order valence-electron chi connectivity index (χ0n) is 23.6. The molecule has 0 bridgehead atoms. The predicted molar refractivity (Wildman–Crippen MR) is 172 cm³/mol. The van der Waals surface area contributed by atoms with Gasteiger partial charge in [-0.15, -0.1) is 0 Å². The van der Waals surface area contributed by atoms with Gasteiger partial charge < -0.3 is 19.3 Å². The van der Waals surface area contributed by atoms with E-state index >= 15 is 0 Å². The van der Waals surface area contributed by atoms with Crippen molar-refractivity contribution < 1.29 is 22.7 Å². The molecule has 0 spiro atoms. The molecule has 220 valence electrons. The molecule has 2 saturated heterocycles. The highest BCUT2D eigenvalue weighted by atomic mass is 32.2. The van der Waals surface area contributed by atoms with Gasteiger partial charge in [-0.25, -0.2) is 8.42 Å². The zero-order valence-corrected chi connectivity index (χ0v) is 26.0. The topological polar surface area (TPSA) is 79.4 Å². The lowest BCUT2D eigenvalue weighted by Crippen LogP contribution is -2.44. The number of amides is 1. The summed E-state index contributed by atoms with van der Waals surface area (Å²) in [6, 6.07) is 21.0. The van der Waals surface area contributed by atoms with E-state index < -0.39 is 9.84 Å². The molecule has 0 radical (unpaired) electrons. The van der Waals surface area contributed by atoms with E-state index in [4.69, 9.17) is 21.7 Å². The van der Waals surface area contributed by atoms with E-state index in [2.05, 4.69) is 16.8 Å². The van der Waals surface area contributed by atoms with Crippen LogP contribution >= 0.6 is 24.0 Å². The maximum Gasteiger partial charge on any atom is 0.270 e. The Hall–Kier alpha value is -3.22. The van der Waals surface area contributed by atoms with Crippen molar-refractivity contribution in [3.05, 3.63) is 83.3 Å². The van der Waals surface area contributed by atoms with E-state index in [0.29, 0.717) is 38.8 Å². The van der Waals surface area contributed by atoms with Gasteiger partial charge in [-0.2, -0.15) is 0 Å². The van der Waals surface area contributed by atoms with Crippen LogP contribution in [-0.2, 0) is 14.6 Å². The molecule has 0 saturated carbocycles. The lowest BCUT2D eigenvalue weighted by atomic mass is 10.2. The van der Waals surface area contributed by atoms with Crippen molar-refractivity contribution in [1.82, 2.24) is 9.80 Å². The number of nitrogens with zero attached hydrogens (tertiary/aromatic N) is 3. The smallest absolute Gasteiger partial charge is 0.270 e. The van der Waals surface area contributed by atoms with Gasteiger partial charge in [-0.05, 0) is 73.6 Å². The average Bonchev–Trinajstić information content (AvgIpc) is 3.25. The molecule has 2 aliphatic rings. The third kappa shape index (κ3) is 7.78. The Labute approximate surface area is 256 Å². The van der Waals surface area contributed by atoms with Gasteiger partial charge in [0.05, 0.1) is 22.1 Å². The first-order valence-corrected chi connectivity index (χ1v) is 16.8. The maximum absolute atomic E-state index is 13.3. The first-order chi connectivity index (χ1) is 20.2. The number of thioether (sulfide) groups is 1. The summed E-state index contributed by atoms with van der Waals surface area (Å²) in [5, 5.41) is 0. The molecule has 5 rings (SSSR count). The van der Waals surface area contributed by atoms with Gasteiger partial charge in [0.1, 0.15) is 17.2 Å². The van der Waals surface area contributed by atoms with Gasteiger partial charge in [-0.1, -0.05) is 42.2 Å². The quantitative estimate of drug-likeness (QED) is 0.170. The standard InChI is InChI=1S/C31H33N3O5S3/c1-32-16-18-33(19-17-32)15-4-20-38-27-6-3-5-24(22-27)34-30(35)29(41-31(34)40)21-23-7-9-25(10-8-23)39-26-11-13-28(14-12-26)42(2,36)37/h3,5-14,21-22H,4,15-20H2,1-2H3/b29-21-. The van der Waals surface area contributed by atoms with Gasteiger partial charge in [0.25, 0.3) is 5.91 Å². The number of hydrogen-bond donors (Lipinski definition) is 0. The van der Waals surface area contributed by atoms with E-state index in [1.165, 1.54) is 30.2 Å². The number of carbonyl (C=O) groups is 1. The molecule has 2 fully saturated rings. The molecule has 11 heteroatoms. The minimum Gasteiger partial charge on any atom is -0.493 e. The molecule has 2 heterocycles. The summed E-state index contributed by atoms with van der Waals surface area (Å²) in [6.07, 6.45) is 3.92. The van der Waals surface area contributed by atoms with Crippen molar-refractivity contribution in [2.75, 3.05) is 57.5 Å². The highest BCUT2D eigenvalue weighted by molar-refractivity contribution is 8.27. The van der Waals surface area contributed by atoms with Crippen LogP contribution in [0.2, 0.25) is 0 Å². The second kappa shape index (κ2) is 13.4. The Morgan fingerprint density at radius 1 is 0.929 bits per heavy atom. The van der Waals surface area contributed by atoms with Crippen LogP contribution in [0.4, 0.5) is 5.69 Å². The molecule has 42 heavy (non-hydrogen) atoms. The first kappa shape index (κ1) is 30.2. The molecule has 0 aliphatic carbocycles. The normalized spacial score (nSPS) is 17.7. The number of benzene rings is 3. The van der Waals surface area contributed by atoms with Crippen molar-refractivity contribution in [2.24, 2.45) is 0 Å². The molecule has 3 aromatic rings. The summed E-state index contributed by atoms with van der Waals surface area (Å²) < 4.78 is 35.6.